The molecule has 0 radical (unpaired) electrons. The van der Waals surface area contributed by atoms with Crippen LogP contribution in [-0.2, 0) is 0 Å². The molecule has 0 spiro atoms. The lowest BCUT2D eigenvalue weighted by Gasteiger charge is -2.42. The fraction of sp³-hybridized carbons (Fsp3) is 0. The molecule has 5 heterocycles. The fourth-order valence-electron chi connectivity index (χ4n) is 12.5. The molecule has 1 aromatic heterocycles. The van der Waals surface area contributed by atoms with E-state index in [0.717, 1.165) is 62.7 Å². The Kier molecular flexibility index (Phi) is 10.2. The largest absolute Gasteiger partial charge is 0.458 e. The first kappa shape index (κ1) is 44.2. The van der Waals surface area contributed by atoms with Gasteiger partial charge in [0.25, 0.3) is 6.71 Å². The van der Waals surface area contributed by atoms with Crippen LogP contribution in [0.1, 0.15) is 0 Å². The molecule has 0 unspecified atom stereocenters. The number of anilines is 12. The third kappa shape index (κ3) is 6.97. The van der Waals surface area contributed by atoms with Crippen LogP contribution in [0.5, 0.6) is 11.5 Å². The summed E-state index contributed by atoms with van der Waals surface area (Å²) in [7, 11) is 0. The van der Waals surface area contributed by atoms with E-state index in [-0.39, 0.29) is 13.4 Å². The lowest BCUT2D eigenvalue weighted by atomic mass is 9.32. The van der Waals surface area contributed by atoms with Gasteiger partial charge in [-0.1, -0.05) is 169 Å². The van der Waals surface area contributed by atoms with E-state index in [9.17, 15) is 0 Å². The van der Waals surface area contributed by atoms with Gasteiger partial charge in [0, 0.05) is 87.6 Å². The normalized spacial score (nSPS) is 13.1. The van der Waals surface area contributed by atoms with E-state index in [1.165, 1.54) is 69.0 Å². The maximum Gasteiger partial charge on any atom is 0.268 e. The van der Waals surface area contributed by atoms with Gasteiger partial charge in [0.15, 0.2) is 0 Å². The molecule has 9 heteroatoms. The van der Waals surface area contributed by atoms with Gasteiger partial charge in [-0.05, 0) is 131 Å². The molecular weight excluding hydrogens is 975 g/mol. The zero-order chi connectivity index (χ0) is 50.6. The molecule has 0 fully saturated rings. The summed E-state index contributed by atoms with van der Waals surface area (Å²) in [6.07, 6.45) is 0. The summed E-state index contributed by atoms with van der Waals surface area (Å²) in [4.78, 5) is 12.2. The summed E-state index contributed by atoms with van der Waals surface area (Å²) in [5.74, 6) is 1.76. The summed E-state index contributed by atoms with van der Waals surface area (Å²) < 4.78 is 10.1. The molecule has 0 saturated heterocycles. The Morgan fingerprint density at radius 1 is 0.351 bits per heavy atom. The van der Waals surface area contributed by atoms with Crippen LogP contribution in [0.25, 0.3) is 10.1 Å². The molecule has 16 rings (SSSR count). The number of ether oxygens (including phenoxy) is 1. The van der Waals surface area contributed by atoms with Gasteiger partial charge in [0.1, 0.15) is 11.5 Å². The Bertz CT molecular complexity index is 4180. The number of benzene rings is 11. The Morgan fingerprint density at radius 2 is 0.857 bits per heavy atom. The molecule has 0 N–H and O–H groups in total. The van der Waals surface area contributed by atoms with Crippen LogP contribution in [0, 0.1) is 0 Å². The standard InChI is InChI=1S/C68H44B2N4OS2/c1-7-23-45(24-8-1)71(46-25-9-2-10-26-46)51-39-58-65-61(41-51)75-60-44-63-56(43-55(60)70(65)68-67(53-35-19-22-38-62(53)77-68)74(58)50-33-17-6-18-34-50)69-54-36-20-21-37-57(54)73(49-31-15-5-16-32-49)59-40-52(42-64(76-63)66(59)69)72(47-27-11-3-12-28-47)48-29-13-4-14-30-48/h1-44H. The molecular formula is C68H44B2N4OS2. The lowest BCUT2D eigenvalue weighted by molar-refractivity contribution is 0.486. The molecule has 0 bridgehead atoms. The third-order valence-corrected chi connectivity index (χ3v) is 18.0. The van der Waals surface area contributed by atoms with E-state index >= 15 is 0 Å². The number of rotatable bonds is 8. The highest BCUT2D eigenvalue weighted by Gasteiger charge is 2.48. The second kappa shape index (κ2) is 17.7. The minimum absolute atomic E-state index is 0.0477. The number of hydrogen-bond acceptors (Lipinski definition) is 7. The van der Waals surface area contributed by atoms with E-state index in [1.807, 2.05) is 23.1 Å². The maximum atomic E-state index is 7.56. The van der Waals surface area contributed by atoms with Crippen molar-refractivity contribution in [1.29, 1.82) is 0 Å². The number of fused-ring (bicyclic) bond motifs is 10. The molecule has 12 aromatic rings. The first-order chi connectivity index (χ1) is 38.2. The van der Waals surface area contributed by atoms with Gasteiger partial charge < -0.3 is 24.3 Å². The molecule has 0 saturated carbocycles. The molecule has 11 aromatic carbocycles. The van der Waals surface area contributed by atoms with Gasteiger partial charge in [-0.3, -0.25) is 0 Å². The minimum Gasteiger partial charge on any atom is -0.458 e. The monoisotopic (exact) mass is 1020 g/mol. The van der Waals surface area contributed by atoms with Crippen molar-refractivity contribution in [2.24, 2.45) is 0 Å². The maximum absolute atomic E-state index is 7.56. The van der Waals surface area contributed by atoms with Crippen LogP contribution in [0.2, 0.25) is 0 Å². The van der Waals surface area contributed by atoms with E-state index in [0.29, 0.717) is 0 Å². The molecule has 4 aliphatic rings. The van der Waals surface area contributed by atoms with Crippen molar-refractivity contribution in [3.05, 3.63) is 267 Å². The van der Waals surface area contributed by atoms with E-state index < -0.39 is 0 Å². The van der Waals surface area contributed by atoms with Gasteiger partial charge >= 0.3 is 0 Å². The van der Waals surface area contributed by atoms with E-state index in [1.54, 1.807) is 0 Å². The molecule has 0 amide bonds. The van der Waals surface area contributed by atoms with Crippen LogP contribution >= 0.6 is 23.1 Å². The number of nitrogens with zero attached hydrogens (tertiary/aromatic N) is 4. The predicted octanol–water partition coefficient (Wildman–Crippen LogP) is 15.0. The van der Waals surface area contributed by atoms with Crippen molar-refractivity contribution in [2.75, 3.05) is 19.6 Å². The van der Waals surface area contributed by atoms with Gasteiger partial charge in [-0.25, -0.2) is 0 Å². The van der Waals surface area contributed by atoms with Gasteiger partial charge in [-0.2, -0.15) is 0 Å². The van der Waals surface area contributed by atoms with Gasteiger partial charge in [-0.15, -0.1) is 11.3 Å². The average Bonchev–Trinajstić information content (AvgIpc) is 4.13. The average molecular weight is 1020 g/mol. The quantitative estimate of drug-likeness (QED) is 0.141. The molecule has 360 valence electrons. The Hall–Kier alpha value is -9.14. The van der Waals surface area contributed by atoms with Crippen molar-refractivity contribution < 1.29 is 4.74 Å². The second-order valence-electron chi connectivity index (χ2n) is 20.0. The van der Waals surface area contributed by atoms with Crippen LogP contribution in [0.4, 0.5) is 68.2 Å². The highest BCUT2D eigenvalue weighted by Crippen LogP contribution is 2.51. The predicted molar refractivity (Wildman–Crippen MR) is 327 cm³/mol. The highest BCUT2D eigenvalue weighted by atomic mass is 32.2. The third-order valence-electron chi connectivity index (χ3n) is 15.6. The molecule has 77 heavy (non-hydrogen) atoms. The topological polar surface area (TPSA) is 22.2 Å². The second-order valence-corrected chi connectivity index (χ2v) is 22.1. The van der Waals surface area contributed by atoms with E-state index in [4.69, 9.17) is 4.74 Å². The van der Waals surface area contributed by atoms with Crippen LogP contribution < -0.4 is 56.4 Å². The highest BCUT2D eigenvalue weighted by molar-refractivity contribution is 8.00. The zero-order valence-electron chi connectivity index (χ0n) is 41.6. The summed E-state index contributed by atoms with van der Waals surface area (Å²) >= 11 is 3.78. The van der Waals surface area contributed by atoms with Crippen molar-refractivity contribution in [3.63, 3.8) is 0 Å². The molecule has 0 aliphatic carbocycles. The van der Waals surface area contributed by atoms with Crippen molar-refractivity contribution in [2.45, 2.75) is 9.79 Å². The van der Waals surface area contributed by atoms with Crippen LogP contribution in [0.15, 0.2) is 277 Å². The summed E-state index contributed by atoms with van der Waals surface area (Å²) in [6.45, 7) is -0.149. The van der Waals surface area contributed by atoms with Crippen LogP contribution in [0.3, 0.4) is 0 Å². The summed E-state index contributed by atoms with van der Waals surface area (Å²) in [5, 5.41) is 1.25. The smallest absolute Gasteiger partial charge is 0.268 e. The molecule has 0 atom stereocenters. The minimum atomic E-state index is -0.101. The van der Waals surface area contributed by atoms with Gasteiger partial charge in [0.05, 0.1) is 11.4 Å². The van der Waals surface area contributed by atoms with Crippen molar-refractivity contribution in [1.82, 2.24) is 0 Å². The summed E-state index contributed by atoms with van der Waals surface area (Å²) in [5.41, 5.74) is 19.7. The number of para-hydroxylation sites is 7. The number of thiophene rings is 1. The van der Waals surface area contributed by atoms with Crippen LogP contribution in [-0.4, -0.2) is 13.4 Å². The van der Waals surface area contributed by atoms with Gasteiger partial charge in [0.2, 0.25) is 6.71 Å². The Morgan fingerprint density at radius 3 is 1.47 bits per heavy atom. The Labute approximate surface area is 456 Å². The SMILES string of the molecule is c1ccc(N(c2ccccc2)c2cc3c4c(c2)N(c2ccccc2)c2c(sc5ccccc25)B4c2cc4c(cc2O3)Sc2cc(N(c3ccccc3)c3ccccc3)cc3c2B4c2ccccc2N3c2ccccc2)cc1. The van der Waals surface area contributed by atoms with Crippen molar-refractivity contribution >= 4 is 147 Å². The van der Waals surface area contributed by atoms with Crippen molar-refractivity contribution in [3.8, 4) is 11.5 Å². The van der Waals surface area contributed by atoms with E-state index in [2.05, 4.69) is 287 Å². The Balaban J connectivity index is 0.951. The zero-order valence-corrected chi connectivity index (χ0v) is 43.2. The first-order valence-corrected chi connectivity index (χ1v) is 27.9. The number of hydrogen-bond donors (Lipinski definition) is 0. The molecule has 4 aliphatic heterocycles. The summed E-state index contributed by atoms with van der Waals surface area (Å²) in [6, 6.07) is 97.2. The fourth-order valence-corrected chi connectivity index (χ4v) is 15.0. The lowest BCUT2D eigenvalue weighted by Crippen LogP contribution is -2.63. The molecule has 5 nitrogen and oxygen atoms in total. The first-order valence-electron chi connectivity index (χ1n) is 26.2.